The number of hydrogen-bond acceptors (Lipinski definition) is 4. The second-order valence-electron chi connectivity index (χ2n) is 11.6. The Morgan fingerprint density at radius 3 is 2.50 bits per heavy atom. The van der Waals surface area contributed by atoms with Gasteiger partial charge in [-0.05, 0) is 68.3 Å². The molecule has 6 atom stereocenters. The molecule has 5 rings (SSSR count). The number of amides is 1. The molecule has 0 radical (unpaired) electrons. The predicted octanol–water partition coefficient (Wildman–Crippen LogP) is 4.17. The number of carbonyl (C=O) groups is 1. The lowest BCUT2D eigenvalue weighted by molar-refractivity contribution is -0.199. The van der Waals surface area contributed by atoms with E-state index in [2.05, 4.69) is 39.9 Å². The van der Waals surface area contributed by atoms with E-state index in [9.17, 15) is 4.79 Å². The number of hydrogen-bond donors (Lipinski definition) is 2. The Bertz CT molecular complexity index is 819. The standard InChI is InChI=1S/C25H39BN2O3.ClH/c1-16(2)12-21(28-22(29)24(5,27)15-17-10-8-7-9-11-17)26-30-20-14-18-13-19(23(18,3)4)25(20,6)31-26;/h7-11,16,18-21H,12-15,27H2,1-6H3,(H,28,29);1H/t18-,19-,20+,21-,24+,25-;/m0./s1. The van der Waals surface area contributed by atoms with Crippen molar-refractivity contribution < 1.29 is 14.1 Å². The van der Waals surface area contributed by atoms with Crippen molar-refractivity contribution in [3.05, 3.63) is 35.9 Å². The van der Waals surface area contributed by atoms with Gasteiger partial charge in [-0.25, -0.2) is 0 Å². The van der Waals surface area contributed by atoms with E-state index >= 15 is 0 Å². The van der Waals surface area contributed by atoms with E-state index in [1.165, 1.54) is 6.42 Å². The van der Waals surface area contributed by atoms with Crippen LogP contribution in [0, 0.1) is 23.2 Å². The molecule has 1 heterocycles. The van der Waals surface area contributed by atoms with E-state index in [0.29, 0.717) is 29.6 Å². The van der Waals surface area contributed by atoms with Crippen molar-refractivity contribution in [1.29, 1.82) is 0 Å². The molecule has 3 saturated carbocycles. The fourth-order valence-electron chi connectivity index (χ4n) is 6.25. The third kappa shape index (κ3) is 4.48. The number of carbonyl (C=O) groups excluding carboxylic acids is 1. The summed E-state index contributed by atoms with van der Waals surface area (Å²) in [7, 11) is -0.427. The van der Waals surface area contributed by atoms with Crippen LogP contribution in [-0.4, -0.2) is 36.2 Å². The van der Waals surface area contributed by atoms with Crippen molar-refractivity contribution in [1.82, 2.24) is 5.32 Å². The van der Waals surface area contributed by atoms with Crippen LogP contribution in [0.15, 0.2) is 30.3 Å². The zero-order chi connectivity index (χ0) is 22.6. The number of rotatable bonds is 7. The molecule has 0 aromatic heterocycles. The summed E-state index contributed by atoms with van der Waals surface area (Å²) in [5.74, 6) is 1.24. The van der Waals surface area contributed by atoms with E-state index in [0.717, 1.165) is 18.4 Å². The van der Waals surface area contributed by atoms with Crippen molar-refractivity contribution in [2.24, 2.45) is 28.9 Å². The van der Waals surface area contributed by atoms with Crippen LogP contribution in [0.1, 0.15) is 66.4 Å². The number of nitrogens with two attached hydrogens (primary N) is 1. The normalized spacial score (nSPS) is 32.9. The van der Waals surface area contributed by atoms with E-state index < -0.39 is 12.7 Å². The van der Waals surface area contributed by atoms with Crippen LogP contribution in [0.3, 0.4) is 0 Å². The van der Waals surface area contributed by atoms with E-state index in [1.54, 1.807) is 6.92 Å². The quantitative estimate of drug-likeness (QED) is 0.597. The Kier molecular flexibility index (Phi) is 7.14. The first-order chi connectivity index (χ1) is 14.4. The molecule has 4 fully saturated rings. The van der Waals surface area contributed by atoms with Gasteiger partial charge in [-0.3, -0.25) is 4.79 Å². The molecule has 5 nitrogen and oxygen atoms in total. The lowest BCUT2D eigenvalue weighted by Gasteiger charge is -2.64. The highest BCUT2D eigenvalue weighted by atomic mass is 35.5. The Balaban J connectivity index is 0.00000289. The molecule has 178 valence electrons. The average molecular weight is 463 g/mol. The lowest BCUT2D eigenvalue weighted by atomic mass is 9.43. The van der Waals surface area contributed by atoms with Gasteiger partial charge in [0, 0.05) is 0 Å². The maximum atomic E-state index is 13.2. The minimum atomic E-state index is -1.00. The number of halogens is 1. The van der Waals surface area contributed by atoms with Crippen LogP contribution in [0.4, 0.5) is 0 Å². The second kappa shape index (κ2) is 8.94. The first-order valence-corrected chi connectivity index (χ1v) is 11.9. The molecule has 32 heavy (non-hydrogen) atoms. The van der Waals surface area contributed by atoms with E-state index in [1.807, 2.05) is 30.3 Å². The van der Waals surface area contributed by atoms with Gasteiger partial charge in [0.1, 0.15) is 0 Å². The third-order valence-corrected chi connectivity index (χ3v) is 8.27. The monoisotopic (exact) mass is 462 g/mol. The summed E-state index contributed by atoms with van der Waals surface area (Å²) < 4.78 is 13.1. The Morgan fingerprint density at radius 1 is 1.25 bits per heavy atom. The van der Waals surface area contributed by atoms with Gasteiger partial charge in [0.25, 0.3) is 0 Å². The molecule has 1 amide bonds. The summed E-state index contributed by atoms with van der Waals surface area (Å²) in [5, 5.41) is 3.21. The van der Waals surface area contributed by atoms with E-state index in [-0.39, 0.29) is 36.0 Å². The molecule has 4 aliphatic rings. The molecular weight excluding hydrogens is 423 g/mol. The van der Waals surface area contributed by atoms with Crippen molar-refractivity contribution in [3.8, 4) is 0 Å². The molecule has 7 heteroatoms. The van der Waals surface area contributed by atoms with Crippen LogP contribution < -0.4 is 11.1 Å². The van der Waals surface area contributed by atoms with Crippen LogP contribution in [0.5, 0.6) is 0 Å². The zero-order valence-corrected chi connectivity index (χ0v) is 21.2. The third-order valence-electron chi connectivity index (χ3n) is 8.27. The van der Waals surface area contributed by atoms with Crippen LogP contribution in [-0.2, 0) is 20.5 Å². The van der Waals surface area contributed by atoms with Crippen LogP contribution in [0.25, 0.3) is 0 Å². The maximum Gasteiger partial charge on any atom is 0.481 e. The van der Waals surface area contributed by atoms with E-state index in [4.69, 9.17) is 15.0 Å². The summed E-state index contributed by atoms with van der Waals surface area (Å²) in [4.78, 5) is 13.2. The SMILES string of the molecule is CC(C)C[C@H](NC(=O)[C@](C)(N)Cc1ccccc1)B1O[C@@H]2C[C@@H]3C[C@@H](C3(C)C)[C@]2(C)O1.Cl. The maximum absolute atomic E-state index is 13.2. The fourth-order valence-corrected chi connectivity index (χ4v) is 6.25. The smallest absolute Gasteiger partial charge is 0.404 e. The summed E-state index contributed by atoms with van der Waals surface area (Å²) in [5.41, 5.74) is 6.55. The molecule has 0 spiro atoms. The van der Waals surface area contributed by atoms with Crippen molar-refractivity contribution in [3.63, 3.8) is 0 Å². The Labute approximate surface area is 200 Å². The highest BCUT2D eigenvalue weighted by Gasteiger charge is 2.68. The van der Waals surface area contributed by atoms with Crippen molar-refractivity contribution in [2.75, 3.05) is 0 Å². The molecule has 1 aliphatic heterocycles. The van der Waals surface area contributed by atoms with Crippen molar-refractivity contribution in [2.45, 2.75) is 90.4 Å². The number of nitrogens with one attached hydrogen (secondary N) is 1. The molecule has 0 unspecified atom stereocenters. The van der Waals surface area contributed by atoms with Crippen molar-refractivity contribution >= 4 is 25.4 Å². The average Bonchev–Trinajstić information content (AvgIpc) is 3.04. The molecule has 1 aromatic carbocycles. The Hall–Kier alpha value is -1.08. The number of benzene rings is 1. The fraction of sp³-hybridized carbons (Fsp3) is 0.720. The lowest BCUT2D eigenvalue weighted by Crippen LogP contribution is -2.65. The van der Waals surface area contributed by atoms with Crippen LogP contribution >= 0.6 is 12.4 Å². The van der Waals surface area contributed by atoms with Crippen LogP contribution in [0.2, 0.25) is 0 Å². The highest BCUT2D eigenvalue weighted by molar-refractivity contribution is 6.48. The first-order valence-electron chi connectivity index (χ1n) is 11.9. The molecule has 3 aliphatic carbocycles. The van der Waals surface area contributed by atoms with Gasteiger partial charge in [-0.15, -0.1) is 12.4 Å². The van der Waals surface area contributed by atoms with Gasteiger partial charge >= 0.3 is 7.12 Å². The van der Waals surface area contributed by atoms with Gasteiger partial charge in [-0.1, -0.05) is 58.0 Å². The van der Waals surface area contributed by atoms with Gasteiger partial charge in [0.15, 0.2) is 0 Å². The second-order valence-corrected chi connectivity index (χ2v) is 11.6. The summed E-state index contributed by atoms with van der Waals surface area (Å²) in [6.45, 7) is 13.1. The van der Waals surface area contributed by atoms with Gasteiger partial charge in [-0.2, -0.15) is 0 Å². The molecular formula is C25H40BClN2O3. The summed E-state index contributed by atoms with van der Waals surface area (Å²) in [6.07, 6.45) is 3.64. The summed E-state index contributed by atoms with van der Waals surface area (Å²) >= 11 is 0. The predicted molar refractivity (Wildman–Crippen MR) is 131 cm³/mol. The zero-order valence-electron chi connectivity index (χ0n) is 20.4. The minimum absolute atomic E-state index is 0. The first kappa shape index (κ1) is 25.5. The summed E-state index contributed by atoms with van der Waals surface area (Å²) in [6, 6.07) is 9.93. The molecule has 2 bridgehead atoms. The van der Waals surface area contributed by atoms with Gasteiger partial charge < -0.3 is 20.4 Å². The molecule has 1 aromatic rings. The highest BCUT2D eigenvalue weighted by Crippen LogP contribution is 2.65. The minimum Gasteiger partial charge on any atom is -0.404 e. The largest absolute Gasteiger partial charge is 0.481 e. The van der Waals surface area contributed by atoms with Gasteiger partial charge in [0.05, 0.1) is 23.2 Å². The Morgan fingerprint density at radius 2 is 1.91 bits per heavy atom. The van der Waals surface area contributed by atoms with Gasteiger partial charge in [0.2, 0.25) is 5.91 Å². The topological polar surface area (TPSA) is 73.6 Å². The molecule has 3 N–H and O–H groups in total. The molecule has 1 saturated heterocycles.